The van der Waals surface area contributed by atoms with Crippen molar-refractivity contribution in [1.29, 1.82) is 0 Å². The number of ether oxygens (including phenoxy) is 1. The van der Waals surface area contributed by atoms with E-state index in [0.717, 1.165) is 12.3 Å². The van der Waals surface area contributed by atoms with Gasteiger partial charge in [-0.1, -0.05) is 20.8 Å². The lowest BCUT2D eigenvalue weighted by Gasteiger charge is -2.45. The summed E-state index contributed by atoms with van der Waals surface area (Å²) in [7, 11) is 1.72. The molecular formula is C15H29NO2. The third-order valence-corrected chi connectivity index (χ3v) is 5.56. The number of hydrogen-bond acceptors (Lipinski definition) is 3. The Hall–Kier alpha value is -0.120. The third-order valence-electron chi connectivity index (χ3n) is 5.56. The average Bonchev–Trinajstić information content (AvgIpc) is 2.79. The molecule has 2 N–H and O–H groups in total. The van der Waals surface area contributed by atoms with Crippen LogP contribution in [0.4, 0.5) is 0 Å². The zero-order valence-corrected chi connectivity index (χ0v) is 12.3. The molecule has 2 aliphatic rings. The molecule has 4 atom stereocenters. The van der Waals surface area contributed by atoms with Crippen LogP contribution in [0.25, 0.3) is 0 Å². The van der Waals surface area contributed by atoms with E-state index in [1.807, 2.05) is 0 Å². The van der Waals surface area contributed by atoms with Crippen LogP contribution in [0.2, 0.25) is 0 Å². The Kier molecular flexibility index (Phi) is 4.05. The van der Waals surface area contributed by atoms with E-state index in [-0.39, 0.29) is 12.6 Å². The molecule has 0 spiro atoms. The molecule has 18 heavy (non-hydrogen) atoms. The van der Waals surface area contributed by atoms with Gasteiger partial charge in [0.25, 0.3) is 0 Å². The molecule has 0 saturated heterocycles. The molecule has 0 heterocycles. The van der Waals surface area contributed by atoms with Gasteiger partial charge in [-0.3, -0.25) is 0 Å². The summed E-state index contributed by atoms with van der Waals surface area (Å²) >= 11 is 0. The maximum Gasteiger partial charge on any atom is 0.0585 e. The van der Waals surface area contributed by atoms with E-state index >= 15 is 0 Å². The fraction of sp³-hybridized carbons (Fsp3) is 1.00. The maximum atomic E-state index is 9.52. The van der Waals surface area contributed by atoms with Gasteiger partial charge in [-0.15, -0.1) is 0 Å². The zero-order chi connectivity index (χ0) is 13.4. The van der Waals surface area contributed by atoms with Gasteiger partial charge in [0.15, 0.2) is 0 Å². The second-order valence-corrected chi connectivity index (χ2v) is 7.18. The number of rotatable bonds is 6. The van der Waals surface area contributed by atoms with Gasteiger partial charge in [0.2, 0.25) is 0 Å². The number of hydrogen-bond donors (Lipinski definition) is 2. The molecule has 2 aliphatic carbocycles. The highest BCUT2D eigenvalue weighted by Gasteiger charge is 2.59. The van der Waals surface area contributed by atoms with Crippen LogP contribution >= 0.6 is 0 Å². The van der Waals surface area contributed by atoms with Gasteiger partial charge in [-0.2, -0.15) is 0 Å². The van der Waals surface area contributed by atoms with Crippen LogP contribution in [0.5, 0.6) is 0 Å². The lowest BCUT2D eigenvalue weighted by molar-refractivity contribution is 0.0768. The van der Waals surface area contributed by atoms with Crippen molar-refractivity contribution in [3.05, 3.63) is 0 Å². The van der Waals surface area contributed by atoms with Crippen molar-refractivity contribution in [3.8, 4) is 0 Å². The summed E-state index contributed by atoms with van der Waals surface area (Å²) in [5.41, 5.74) is 0.780. The van der Waals surface area contributed by atoms with Gasteiger partial charge in [0.05, 0.1) is 6.61 Å². The highest BCUT2D eigenvalue weighted by Crippen LogP contribution is 2.62. The Morgan fingerprint density at radius 2 is 2.11 bits per heavy atom. The van der Waals surface area contributed by atoms with Crippen LogP contribution in [0.15, 0.2) is 0 Å². The molecule has 2 rings (SSSR count). The van der Waals surface area contributed by atoms with Gasteiger partial charge >= 0.3 is 0 Å². The van der Waals surface area contributed by atoms with Crippen LogP contribution in [-0.2, 0) is 4.74 Å². The van der Waals surface area contributed by atoms with Gasteiger partial charge in [-0.25, -0.2) is 0 Å². The minimum absolute atomic E-state index is 0.172. The molecule has 0 aromatic heterocycles. The molecule has 2 unspecified atom stereocenters. The Labute approximate surface area is 111 Å². The van der Waals surface area contributed by atoms with E-state index in [1.165, 1.54) is 19.3 Å². The smallest absolute Gasteiger partial charge is 0.0585 e. The minimum Gasteiger partial charge on any atom is -0.395 e. The number of methoxy groups -OCH3 is 1. The first-order valence-electron chi connectivity index (χ1n) is 7.30. The van der Waals surface area contributed by atoms with Crippen molar-refractivity contribution >= 4 is 0 Å². The van der Waals surface area contributed by atoms with E-state index in [2.05, 4.69) is 26.1 Å². The van der Waals surface area contributed by atoms with Gasteiger partial charge < -0.3 is 15.2 Å². The van der Waals surface area contributed by atoms with Crippen molar-refractivity contribution in [1.82, 2.24) is 5.32 Å². The Balaban J connectivity index is 2.03. The highest BCUT2D eigenvalue weighted by atomic mass is 16.5. The number of aliphatic hydroxyl groups excluding tert-OH is 1. The second kappa shape index (κ2) is 5.10. The lowest BCUT2D eigenvalue weighted by atomic mass is 9.68. The van der Waals surface area contributed by atoms with Crippen LogP contribution in [-0.4, -0.2) is 37.5 Å². The first-order chi connectivity index (χ1) is 8.44. The van der Waals surface area contributed by atoms with Crippen LogP contribution in [0, 0.1) is 16.7 Å². The number of aliphatic hydroxyl groups is 1. The van der Waals surface area contributed by atoms with E-state index in [0.29, 0.717) is 23.5 Å². The molecule has 3 heteroatoms. The van der Waals surface area contributed by atoms with E-state index < -0.39 is 0 Å². The molecule has 0 amide bonds. The topological polar surface area (TPSA) is 41.5 Å². The van der Waals surface area contributed by atoms with Crippen molar-refractivity contribution < 1.29 is 9.84 Å². The maximum absolute atomic E-state index is 9.52. The molecule has 0 aliphatic heterocycles. The van der Waals surface area contributed by atoms with Crippen LogP contribution in [0.3, 0.4) is 0 Å². The van der Waals surface area contributed by atoms with E-state index in [9.17, 15) is 5.11 Å². The Bertz CT molecular complexity index is 287. The Morgan fingerprint density at radius 3 is 2.61 bits per heavy atom. The van der Waals surface area contributed by atoms with Crippen molar-refractivity contribution in [2.75, 3.05) is 20.3 Å². The summed E-state index contributed by atoms with van der Waals surface area (Å²) in [5, 5.41) is 13.3. The largest absolute Gasteiger partial charge is 0.395 e. The monoisotopic (exact) mass is 255 g/mol. The predicted molar refractivity (Wildman–Crippen MR) is 73.5 cm³/mol. The molecule has 2 fully saturated rings. The standard InChI is InChI=1S/C15H29NO2/c1-14(2)11-5-7-15(3,9-11)13(14)16-12(10-17)6-8-18-4/h11-13,16-17H,5-10H2,1-4H3/t11-,12?,13?,15+/m0/s1. The van der Waals surface area contributed by atoms with Crippen molar-refractivity contribution in [2.45, 2.75) is 58.5 Å². The SMILES string of the molecule is COCCC(CO)NC1C(C)(C)[C@H]2CC[C@]1(C)C2. The van der Waals surface area contributed by atoms with E-state index in [4.69, 9.17) is 4.74 Å². The van der Waals surface area contributed by atoms with Crippen LogP contribution in [0.1, 0.15) is 46.5 Å². The molecule has 0 radical (unpaired) electrons. The molecule has 106 valence electrons. The van der Waals surface area contributed by atoms with Crippen molar-refractivity contribution in [3.63, 3.8) is 0 Å². The fourth-order valence-corrected chi connectivity index (χ4v) is 4.44. The summed E-state index contributed by atoms with van der Waals surface area (Å²) in [6.07, 6.45) is 4.95. The predicted octanol–water partition coefficient (Wildman–Crippen LogP) is 2.19. The number of nitrogens with one attached hydrogen (secondary N) is 1. The number of fused-ring (bicyclic) bond motifs is 2. The lowest BCUT2D eigenvalue weighted by Crippen LogP contribution is -2.54. The Morgan fingerprint density at radius 1 is 1.39 bits per heavy atom. The van der Waals surface area contributed by atoms with Gasteiger partial charge in [0, 0.05) is 25.8 Å². The van der Waals surface area contributed by atoms with Crippen molar-refractivity contribution in [2.24, 2.45) is 16.7 Å². The molecule has 3 nitrogen and oxygen atoms in total. The first kappa shape index (κ1) is 14.3. The average molecular weight is 255 g/mol. The molecule has 2 saturated carbocycles. The molecule has 0 aromatic carbocycles. The summed E-state index contributed by atoms with van der Waals surface area (Å²) in [6, 6.07) is 0.697. The zero-order valence-electron chi connectivity index (χ0n) is 12.3. The summed E-state index contributed by atoms with van der Waals surface area (Å²) in [6.45, 7) is 8.13. The first-order valence-corrected chi connectivity index (χ1v) is 7.30. The summed E-state index contributed by atoms with van der Waals surface area (Å²) in [5.74, 6) is 0.849. The van der Waals surface area contributed by atoms with Gasteiger partial charge in [0.1, 0.15) is 0 Å². The quantitative estimate of drug-likeness (QED) is 0.764. The second-order valence-electron chi connectivity index (χ2n) is 7.18. The summed E-state index contributed by atoms with van der Waals surface area (Å²) < 4.78 is 5.13. The van der Waals surface area contributed by atoms with Gasteiger partial charge in [-0.05, 0) is 42.4 Å². The minimum atomic E-state index is 0.172. The fourth-order valence-electron chi connectivity index (χ4n) is 4.44. The molecular weight excluding hydrogens is 226 g/mol. The highest BCUT2D eigenvalue weighted by molar-refractivity contribution is 5.12. The normalized spacial score (nSPS) is 39.2. The van der Waals surface area contributed by atoms with E-state index in [1.54, 1.807) is 7.11 Å². The van der Waals surface area contributed by atoms with Crippen LogP contribution < -0.4 is 5.32 Å². The third kappa shape index (κ3) is 2.33. The molecule has 0 aromatic rings. The summed E-state index contributed by atoms with van der Waals surface area (Å²) in [4.78, 5) is 0. The molecule has 2 bridgehead atoms.